The van der Waals surface area contributed by atoms with E-state index >= 15 is 0 Å². The van der Waals surface area contributed by atoms with Gasteiger partial charge < -0.3 is 10.5 Å². The summed E-state index contributed by atoms with van der Waals surface area (Å²) in [5.41, 5.74) is 6.63. The molecule has 0 aliphatic rings. The third-order valence-electron chi connectivity index (χ3n) is 2.13. The molecule has 16 heavy (non-hydrogen) atoms. The summed E-state index contributed by atoms with van der Waals surface area (Å²) in [6.45, 7) is 0.787. The standard InChI is InChI=1S/C13H19NOS/c1-15-13-7-5-12(6-8-13)4-2-10-16-11-3-9-14/h2,4-8H,3,9-11,14H2,1H3/b4-2+. The minimum absolute atomic E-state index is 0.787. The lowest BCUT2D eigenvalue weighted by Crippen LogP contribution is -1.99. The SMILES string of the molecule is COc1ccc(/C=C/CSCCCN)cc1. The zero-order chi connectivity index (χ0) is 11.6. The molecule has 0 spiro atoms. The second-order valence-corrected chi connectivity index (χ2v) is 4.54. The Morgan fingerprint density at radius 3 is 2.69 bits per heavy atom. The quantitative estimate of drug-likeness (QED) is 0.741. The maximum absolute atomic E-state index is 5.42. The van der Waals surface area contributed by atoms with Crippen LogP contribution >= 0.6 is 11.8 Å². The predicted octanol–water partition coefficient (Wildman–Crippen LogP) is 2.79. The van der Waals surface area contributed by atoms with Crippen LogP contribution in [0.1, 0.15) is 12.0 Å². The van der Waals surface area contributed by atoms with Gasteiger partial charge in [0.05, 0.1) is 7.11 Å². The van der Waals surface area contributed by atoms with Crippen molar-refractivity contribution in [2.75, 3.05) is 25.2 Å². The molecule has 0 radical (unpaired) electrons. The monoisotopic (exact) mass is 237 g/mol. The van der Waals surface area contributed by atoms with Gasteiger partial charge >= 0.3 is 0 Å². The minimum Gasteiger partial charge on any atom is -0.497 e. The molecule has 0 aliphatic carbocycles. The summed E-state index contributed by atoms with van der Waals surface area (Å²) in [6.07, 6.45) is 5.42. The normalized spacial score (nSPS) is 10.9. The van der Waals surface area contributed by atoms with Crippen LogP contribution in [0.4, 0.5) is 0 Å². The van der Waals surface area contributed by atoms with Crippen LogP contribution in [0.5, 0.6) is 5.75 Å². The van der Waals surface area contributed by atoms with Crippen molar-refractivity contribution in [1.82, 2.24) is 0 Å². The maximum atomic E-state index is 5.42. The molecular formula is C13H19NOS. The molecular weight excluding hydrogens is 218 g/mol. The zero-order valence-corrected chi connectivity index (χ0v) is 10.5. The molecule has 88 valence electrons. The number of ether oxygens (including phenoxy) is 1. The van der Waals surface area contributed by atoms with Gasteiger partial charge in [0.1, 0.15) is 5.75 Å². The van der Waals surface area contributed by atoms with Gasteiger partial charge in [-0.1, -0.05) is 24.3 Å². The maximum Gasteiger partial charge on any atom is 0.118 e. The summed E-state index contributed by atoms with van der Waals surface area (Å²) in [4.78, 5) is 0. The molecule has 2 nitrogen and oxygen atoms in total. The number of methoxy groups -OCH3 is 1. The second kappa shape index (κ2) is 8.25. The fourth-order valence-electron chi connectivity index (χ4n) is 1.24. The fraction of sp³-hybridized carbons (Fsp3) is 0.385. The van der Waals surface area contributed by atoms with Crippen molar-refractivity contribution in [2.24, 2.45) is 5.73 Å². The van der Waals surface area contributed by atoms with Crippen molar-refractivity contribution in [3.63, 3.8) is 0 Å². The van der Waals surface area contributed by atoms with Crippen molar-refractivity contribution < 1.29 is 4.74 Å². The number of benzene rings is 1. The Labute approximate surface area is 102 Å². The van der Waals surface area contributed by atoms with E-state index in [0.29, 0.717) is 0 Å². The van der Waals surface area contributed by atoms with Crippen molar-refractivity contribution in [3.05, 3.63) is 35.9 Å². The Morgan fingerprint density at radius 2 is 2.06 bits per heavy atom. The van der Waals surface area contributed by atoms with Crippen LogP contribution in [-0.4, -0.2) is 25.2 Å². The lowest BCUT2D eigenvalue weighted by Gasteiger charge is -1.99. The van der Waals surface area contributed by atoms with Gasteiger partial charge in [0.2, 0.25) is 0 Å². The average molecular weight is 237 g/mol. The van der Waals surface area contributed by atoms with Crippen molar-refractivity contribution in [1.29, 1.82) is 0 Å². The van der Waals surface area contributed by atoms with Crippen LogP contribution in [0, 0.1) is 0 Å². The van der Waals surface area contributed by atoms with E-state index in [1.54, 1.807) is 7.11 Å². The number of hydrogen-bond acceptors (Lipinski definition) is 3. The molecule has 0 atom stereocenters. The first-order valence-electron chi connectivity index (χ1n) is 5.45. The Balaban J connectivity index is 2.27. The number of hydrogen-bond donors (Lipinski definition) is 1. The summed E-state index contributed by atoms with van der Waals surface area (Å²) >= 11 is 1.91. The van der Waals surface area contributed by atoms with Crippen molar-refractivity contribution in [2.45, 2.75) is 6.42 Å². The van der Waals surface area contributed by atoms with Gasteiger partial charge in [-0.2, -0.15) is 11.8 Å². The van der Waals surface area contributed by atoms with E-state index in [2.05, 4.69) is 24.3 Å². The summed E-state index contributed by atoms with van der Waals surface area (Å²) < 4.78 is 5.10. The summed E-state index contributed by atoms with van der Waals surface area (Å²) in [7, 11) is 1.68. The summed E-state index contributed by atoms with van der Waals surface area (Å²) in [6, 6.07) is 8.06. The molecule has 0 unspecified atom stereocenters. The molecule has 1 aromatic rings. The van der Waals surface area contributed by atoms with E-state index in [1.807, 2.05) is 23.9 Å². The van der Waals surface area contributed by atoms with Gasteiger partial charge in [0, 0.05) is 5.75 Å². The van der Waals surface area contributed by atoms with E-state index in [4.69, 9.17) is 10.5 Å². The Morgan fingerprint density at radius 1 is 1.31 bits per heavy atom. The lowest BCUT2D eigenvalue weighted by molar-refractivity contribution is 0.415. The molecule has 0 saturated heterocycles. The van der Waals surface area contributed by atoms with E-state index in [1.165, 1.54) is 5.56 Å². The first-order chi connectivity index (χ1) is 7.86. The van der Waals surface area contributed by atoms with E-state index in [-0.39, 0.29) is 0 Å². The highest BCUT2D eigenvalue weighted by Gasteiger charge is 1.90. The van der Waals surface area contributed by atoms with Crippen LogP contribution in [-0.2, 0) is 0 Å². The first-order valence-corrected chi connectivity index (χ1v) is 6.60. The van der Waals surface area contributed by atoms with Gasteiger partial charge in [0.15, 0.2) is 0 Å². The molecule has 2 N–H and O–H groups in total. The highest BCUT2D eigenvalue weighted by molar-refractivity contribution is 7.99. The van der Waals surface area contributed by atoms with Crippen molar-refractivity contribution >= 4 is 17.8 Å². The number of nitrogens with two attached hydrogens (primary N) is 1. The van der Waals surface area contributed by atoms with Crippen LogP contribution in [0.25, 0.3) is 6.08 Å². The predicted molar refractivity (Wildman–Crippen MR) is 73.0 cm³/mol. The molecule has 0 aromatic heterocycles. The number of thioether (sulfide) groups is 1. The Bertz CT molecular complexity index is 308. The zero-order valence-electron chi connectivity index (χ0n) is 9.69. The van der Waals surface area contributed by atoms with E-state index in [0.717, 1.165) is 30.2 Å². The largest absolute Gasteiger partial charge is 0.497 e. The molecule has 0 amide bonds. The first kappa shape index (κ1) is 13.1. The van der Waals surface area contributed by atoms with E-state index in [9.17, 15) is 0 Å². The summed E-state index contributed by atoms with van der Waals surface area (Å²) in [5.74, 6) is 3.09. The molecule has 1 aromatic carbocycles. The van der Waals surface area contributed by atoms with Gasteiger partial charge in [0.25, 0.3) is 0 Å². The van der Waals surface area contributed by atoms with Crippen LogP contribution in [0.3, 0.4) is 0 Å². The smallest absolute Gasteiger partial charge is 0.118 e. The third kappa shape index (κ3) is 5.24. The van der Waals surface area contributed by atoms with Crippen LogP contribution in [0.2, 0.25) is 0 Å². The third-order valence-corrected chi connectivity index (χ3v) is 3.14. The molecule has 0 bridgehead atoms. The second-order valence-electron chi connectivity index (χ2n) is 3.39. The molecule has 3 heteroatoms. The van der Waals surface area contributed by atoms with Crippen molar-refractivity contribution in [3.8, 4) is 5.75 Å². The van der Waals surface area contributed by atoms with Crippen LogP contribution in [0.15, 0.2) is 30.3 Å². The molecule has 0 aliphatic heterocycles. The number of rotatable bonds is 7. The Hall–Kier alpha value is -0.930. The minimum atomic E-state index is 0.787. The van der Waals surface area contributed by atoms with Crippen LogP contribution < -0.4 is 10.5 Å². The highest BCUT2D eigenvalue weighted by Crippen LogP contribution is 2.12. The average Bonchev–Trinajstić information content (AvgIpc) is 2.34. The fourth-order valence-corrected chi connectivity index (χ4v) is 2.01. The summed E-state index contributed by atoms with van der Waals surface area (Å²) in [5, 5.41) is 0. The van der Waals surface area contributed by atoms with E-state index < -0.39 is 0 Å². The molecule has 0 heterocycles. The topological polar surface area (TPSA) is 35.2 Å². The highest BCUT2D eigenvalue weighted by atomic mass is 32.2. The molecule has 1 rings (SSSR count). The molecule has 0 fully saturated rings. The van der Waals surface area contributed by atoms with Gasteiger partial charge in [-0.15, -0.1) is 0 Å². The van der Waals surface area contributed by atoms with Gasteiger partial charge in [-0.3, -0.25) is 0 Å². The van der Waals surface area contributed by atoms with Gasteiger partial charge in [-0.25, -0.2) is 0 Å². The Kier molecular flexibility index (Phi) is 6.77. The lowest BCUT2D eigenvalue weighted by atomic mass is 10.2. The van der Waals surface area contributed by atoms with Gasteiger partial charge in [-0.05, 0) is 36.4 Å². The molecule has 0 saturated carbocycles.